The fourth-order valence-corrected chi connectivity index (χ4v) is 2.25. The van der Waals surface area contributed by atoms with Crippen molar-refractivity contribution in [1.82, 2.24) is 5.32 Å². The maximum atomic E-state index is 11.9. The van der Waals surface area contributed by atoms with Gasteiger partial charge in [0.1, 0.15) is 5.41 Å². The summed E-state index contributed by atoms with van der Waals surface area (Å²) in [6, 6.07) is -0.0157. The predicted molar refractivity (Wildman–Crippen MR) is 55.9 cm³/mol. The molecule has 1 saturated carbocycles. The zero-order valence-corrected chi connectivity index (χ0v) is 9.20. The Morgan fingerprint density at radius 3 is 2.50 bits per heavy atom. The maximum Gasteiger partial charge on any atom is 0.319 e. The van der Waals surface area contributed by atoms with E-state index in [4.69, 9.17) is 9.84 Å². The van der Waals surface area contributed by atoms with Crippen LogP contribution in [0.2, 0.25) is 0 Å². The fraction of sp³-hybridized carbons (Fsp3) is 0.818. The standard InChI is InChI=1S/C11H17NO4/c13-9(11(10(14)15)4-2-5-11)12-8-3-1-6-16-7-8/h8H,1-7H2,(H,12,13)(H,14,15). The van der Waals surface area contributed by atoms with Crippen molar-refractivity contribution < 1.29 is 19.4 Å². The van der Waals surface area contributed by atoms with Gasteiger partial charge in [0.05, 0.1) is 12.6 Å². The molecule has 1 amide bonds. The molecule has 0 spiro atoms. The third kappa shape index (κ3) is 1.91. The van der Waals surface area contributed by atoms with E-state index in [2.05, 4.69) is 5.32 Å². The molecule has 2 fully saturated rings. The van der Waals surface area contributed by atoms with E-state index in [0.29, 0.717) is 19.4 Å². The normalized spacial score (nSPS) is 27.9. The Hall–Kier alpha value is -1.10. The minimum absolute atomic E-state index is 0.0157. The van der Waals surface area contributed by atoms with E-state index in [1.54, 1.807) is 0 Å². The smallest absolute Gasteiger partial charge is 0.319 e. The Morgan fingerprint density at radius 2 is 2.06 bits per heavy atom. The molecule has 0 radical (unpaired) electrons. The molecule has 5 heteroatoms. The number of rotatable bonds is 3. The van der Waals surface area contributed by atoms with Crippen molar-refractivity contribution in [2.24, 2.45) is 5.41 Å². The molecule has 1 heterocycles. The lowest BCUT2D eigenvalue weighted by atomic mass is 9.68. The first-order chi connectivity index (χ1) is 7.65. The zero-order valence-electron chi connectivity index (χ0n) is 9.20. The van der Waals surface area contributed by atoms with Gasteiger partial charge in [-0.2, -0.15) is 0 Å². The van der Waals surface area contributed by atoms with E-state index in [9.17, 15) is 9.59 Å². The number of ether oxygens (including phenoxy) is 1. The molecule has 1 saturated heterocycles. The zero-order chi connectivity index (χ0) is 11.6. The van der Waals surface area contributed by atoms with Crippen LogP contribution in [0.5, 0.6) is 0 Å². The number of carbonyl (C=O) groups is 2. The molecule has 0 bridgehead atoms. The van der Waals surface area contributed by atoms with Crippen LogP contribution in [0.3, 0.4) is 0 Å². The van der Waals surface area contributed by atoms with Crippen molar-refractivity contribution in [2.75, 3.05) is 13.2 Å². The molecule has 16 heavy (non-hydrogen) atoms. The Bertz CT molecular complexity index is 292. The summed E-state index contributed by atoms with van der Waals surface area (Å²) >= 11 is 0. The highest BCUT2D eigenvalue weighted by atomic mass is 16.5. The minimum Gasteiger partial charge on any atom is -0.480 e. The maximum absolute atomic E-state index is 11.9. The first-order valence-electron chi connectivity index (χ1n) is 5.77. The van der Waals surface area contributed by atoms with E-state index in [1.807, 2.05) is 0 Å². The second-order valence-corrected chi connectivity index (χ2v) is 4.63. The van der Waals surface area contributed by atoms with Crippen LogP contribution in [0.1, 0.15) is 32.1 Å². The van der Waals surface area contributed by atoms with Gasteiger partial charge in [-0.15, -0.1) is 0 Å². The van der Waals surface area contributed by atoms with E-state index in [-0.39, 0.29) is 11.9 Å². The minimum atomic E-state index is -1.16. The summed E-state index contributed by atoms with van der Waals surface area (Å²) in [7, 11) is 0. The molecular weight excluding hydrogens is 210 g/mol. The summed E-state index contributed by atoms with van der Waals surface area (Å²) < 4.78 is 5.25. The molecule has 0 aromatic carbocycles. The number of nitrogens with one attached hydrogen (secondary N) is 1. The molecule has 1 aliphatic carbocycles. The number of carboxylic acids is 1. The largest absolute Gasteiger partial charge is 0.480 e. The van der Waals surface area contributed by atoms with Gasteiger partial charge in [-0.25, -0.2) is 0 Å². The van der Waals surface area contributed by atoms with Gasteiger partial charge in [0.15, 0.2) is 0 Å². The molecule has 1 unspecified atom stereocenters. The Kier molecular flexibility index (Phi) is 3.14. The summed E-state index contributed by atoms with van der Waals surface area (Å²) in [6.45, 7) is 1.23. The first-order valence-corrected chi connectivity index (χ1v) is 5.77. The van der Waals surface area contributed by atoms with Crippen LogP contribution in [0, 0.1) is 5.41 Å². The summed E-state index contributed by atoms with van der Waals surface area (Å²) in [6.07, 6.45) is 3.54. The summed E-state index contributed by atoms with van der Waals surface area (Å²) in [5.41, 5.74) is -1.16. The van der Waals surface area contributed by atoms with Gasteiger partial charge in [-0.05, 0) is 25.7 Å². The highest BCUT2D eigenvalue weighted by molar-refractivity contribution is 6.02. The van der Waals surface area contributed by atoms with E-state index in [1.165, 1.54) is 0 Å². The first kappa shape index (κ1) is 11.4. The Labute approximate surface area is 94.2 Å². The van der Waals surface area contributed by atoms with Crippen molar-refractivity contribution in [2.45, 2.75) is 38.1 Å². The van der Waals surface area contributed by atoms with E-state index in [0.717, 1.165) is 25.9 Å². The van der Waals surface area contributed by atoms with Crippen molar-refractivity contribution in [1.29, 1.82) is 0 Å². The fourth-order valence-electron chi connectivity index (χ4n) is 2.25. The molecule has 2 rings (SSSR count). The van der Waals surface area contributed by atoms with Gasteiger partial charge < -0.3 is 15.2 Å². The van der Waals surface area contributed by atoms with Crippen molar-refractivity contribution in [3.8, 4) is 0 Å². The van der Waals surface area contributed by atoms with Crippen LogP contribution >= 0.6 is 0 Å². The predicted octanol–water partition coefficient (Wildman–Crippen LogP) is 0.536. The van der Waals surface area contributed by atoms with Crippen LogP contribution in [0.4, 0.5) is 0 Å². The third-order valence-corrected chi connectivity index (χ3v) is 3.55. The van der Waals surface area contributed by atoms with Gasteiger partial charge in [0.2, 0.25) is 5.91 Å². The van der Waals surface area contributed by atoms with Crippen molar-refractivity contribution in [3.05, 3.63) is 0 Å². The molecular formula is C11H17NO4. The Morgan fingerprint density at radius 1 is 1.31 bits per heavy atom. The number of amides is 1. The molecule has 0 aromatic rings. The number of hydrogen-bond acceptors (Lipinski definition) is 3. The number of carboxylic acid groups (broad SMARTS) is 1. The highest BCUT2D eigenvalue weighted by Crippen LogP contribution is 2.41. The van der Waals surface area contributed by atoms with Crippen LogP contribution in [-0.4, -0.2) is 36.2 Å². The SMILES string of the molecule is O=C(O)C1(C(=O)NC2CCCOC2)CCC1. The molecule has 1 aliphatic heterocycles. The van der Waals surface area contributed by atoms with Crippen LogP contribution in [0.25, 0.3) is 0 Å². The van der Waals surface area contributed by atoms with Crippen LogP contribution in [-0.2, 0) is 14.3 Å². The van der Waals surface area contributed by atoms with Crippen LogP contribution in [0.15, 0.2) is 0 Å². The number of carbonyl (C=O) groups excluding carboxylic acids is 1. The lowest BCUT2D eigenvalue weighted by molar-refractivity contribution is -0.162. The quantitative estimate of drug-likeness (QED) is 0.690. The van der Waals surface area contributed by atoms with Gasteiger partial charge in [-0.1, -0.05) is 6.42 Å². The molecule has 2 aliphatic rings. The molecule has 90 valence electrons. The average Bonchev–Trinajstić information content (AvgIpc) is 2.16. The summed E-state index contributed by atoms with van der Waals surface area (Å²) in [5.74, 6) is -1.32. The van der Waals surface area contributed by atoms with Gasteiger partial charge in [0, 0.05) is 6.61 Å². The van der Waals surface area contributed by atoms with Crippen LogP contribution < -0.4 is 5.32 Å². The van der Waals surface area contributed by atoms with Crippen molar-refractivity contribution >= 4 is 11.9 Å². The van der Waals surface area contributed by atoms with E-state index >= 15 is 0 Å². The molecule has 0 aromatic heterocycles. The number of aliphatic carboxylic acids is 1. The van der Waals surface area contributed by atoms with Gasteiger partial charge in [-0.3, -0.25) is 9.59 Å². The summed E-state index contributed by atoms with van der Waals surface area (Å²) in [4.78, 5) is 23.0. The monoisotopic (exact) mass is 227 g/mol. The second-order valence-electron chi connectivity index (χ2n) is 4.63. The lowest BCUT2D eigenvalue weighted by Crippen LogP contribution is -2.54. The third-order valence-electron chi connectivity index (χ3n) is 3.55. The molecule has 2 N–H and O–H groups in total. The second kappa shape index (κ2) is 4.41. The lowest BCUT2D eigenvalue weighted by Gasteiger charge is -2.37. The highest BCUT2D eigenvalue weighted by Gasteiger charge is 2.51. The number of hydrogen-bond donors (Lipinski definition) is 2. The van der Waals surface area contributed by atoms with Gasteiger partial charge >= 0.3 is 5.97 Å². The van der Waals surface area contributed by atoms with Crippen molar-refractivity contribution in [3.63, 3.8) is 0 Å². The van der Waals surface area contributed by atoms with E-state index < -0.39 is 11.4 Å². The average molecular weight is 227 g/mol. The topological polar surface area (TPSA) is 75.6 Å². The summed E-state index contributed by atoms with van der Waals surface area (Å²) in [5, 5.41) is 11.9. The van der Waals surface area contributed by atoms with Gasteiger partial charge in [0.25, 0.3) is 0 Å². The molecule has 1 atom stereocenters. The Balaban J connectivity index is 1.93. The molecule has 5 nitrogen and oxygen atoms in total.